The molecule has 0 unspecified atom stereocenters. The number of hydrogen-bond donors (Lipinski definition) is 2. The summed E-state index contributed by atoms with van der Waals surface area (Å²) in [5, 5.41) is 7.41. The van der Waals surface area contributed by atoms with E-state index in [1.807, 2.05) is 0 Å². The zero-order chi connectivity index (χ0) is 20.0. The monoisotopic (exact) mass is 431 g/mol. The van der Waals surface area contributed by atoms with E-state index in [1.165, 1.54) is 19.3 Å². The molecule has 0 saturated heterocycles. The Hall–Kier alpha value is -1.53. The van der Waals surface area contributed by atoms with Gasteiger partial charge in [0.25, 0.3) is 5.91 Å². The maximum atomic E-state index is 13.4. The minimum atomic E-state index is -0.525. The Morgan fingerprint density at radius 1 is 1.07 bits per heavy atom. The Bertz CT molecular complexity index is 819. The topological polar surface area (TPSA) is 70.6 Å². The van der Waals surface area contributed by atoms with Crippen LogP contribution in [0.15, 0.2) is 29.3 Å². The highest BCUT2D eigenvalue weighted by molar-refractivity contribution is 8.14. The average molecular weight is 432 g/mol. The molecule has 4 aliphatic carbocycles. The van der Waals surface area contributed by atoms with Crippen molar-refractivity contribution in [2.75, 3.05) is 12.3 Å². The van der Waals surface area contributed by atoms with E-state index in [4.69, 9.17) is 11.6 Å². The molecule has 0 radical (unpaired) electrons. The van der Waals surface area contributed by atoms with Gasteiger partial charge in [0.1, 0.15) is 6.04 Å². The second-order valence-corrected chi connectivity index (χ2v) is 10.7. The summed E-state index contributed by atoms with van der Waals surface area (Å²) < 4.78 is 0. The molecular weight excluding hydrogens is 406 g/mol. The van der Waals surface area contributed by atoms with Gasteiger partial charge in [-0.1, -0.05) is 23.4 Å². The van der Waals surface area contributed by atoms with Crippen molar-refractivity contribution in [1.82, 2.24) is 10.6 Å². The predicted octanol–water partition coefficient (Wildman–Crippen LogP) is 3.87. The lowest BCUT2D eigenvalue weighted by molar-refractivity contribution is -0.133. The van der Waals surface area contributed by atoms with Crippen molar-refractivity contribution in [1.29, 1.82) is 0 Å². The molecule has 6 rings (SSSR count). The number of hydrogen-bond acceptors (Lipinski definition) is 4. The highest BCUT2D eigenvalue weighted by Gasteiger charge is 2.56. The molecular formula is C22H26ClN3O2S. The molecule has 2 amide bonds. The lowest BCUT2D eigenvalue weighted by Crippen LogP contribution is -2.62. The van der Waals surface area contributed by atoms with Crippen LogP contribution in [0.4, 0.5) is 0 Å². The average Bonchev–Trinajstić information content (AvgIpc) is 3.18. The number of carbonyl (C=O) groups is 2. The van der Waals surface area contributed by atoms with Crippen LogP contribution in [-0.2, 0) is 4.79 Å². The van der Waals surface area contributed by atoms with Gasteiger partial charge in [-0.05, 0) is 80.5 Å². The molecule has 4 saturated carbocycles. The standard InChI is InChI=1S/C22H26ClN3O2S/c23-17-3-1-16(2-4-17)19(27)25-18(20(28)26-21-24-5-6-29-21)22-10-13-7-14(11-22)9-15(8-13)12-22/h1-4,13-15,18H,5-12H2,(H,25,27)(H,24,26,28)/t13?,14?,15?,18-,22?/m1/s1. The van der Waals surface area contributed by atoms with Gasteiger partial charge in [-0.15, -0.1) is 0 Å². The molecule has 2 N–H and O–H groups in total. The third-order valence-electron chi connectivity index (χ3n) is 7.16. The fraction of sp³-hybridized carbons (Fsp3) is 0.591. The number of benzene rings is 1. The fourth-order valence-corrected chi connectivity index (χ4v) is 7.29. The first-order valence-corrected chi connectivity index (χ1v) is 11.9. The zero-order valence-electron chi connectivity index (χ0n) is 16.3. The fourth-order valence-electron chi connectivity index (χ4n) is 6.43. The van der Waals surface area contributed by atoms with Crippen LogP contribution in [0, 0.1) is 23.2 Å². The SMILES string of the molecule is O=C(N[C@H](C(=O)NC1=NCCS1)C12CC3CC(CC(C3)C1)C2)c1ccc(Cl)cc1. The smallest absolute Gasteiger partial charge is 0.251 e. The molecule has 0 spiro atoms. The van der Waals surface area contributed by atoms with Gasteiger partial charge in [0.15, 0.2) is 5.17 Å². The predicted molar refractivity (Wildman–Crippen MR) is 116 cm³/mol. The number of nitrogens with zero attached hydrogens (tertiary/aromatic N) is 1. The first kappa shape index (κ1) is 19.4. The van der Waals surface area contributed by atoms with Crippen LogP contribution in [0.5, 0.6) is 0 Å². The maximum absolute atomic E-state index is 13.4. The number of aliphatic imine (C=N–C) groups is 1. The van der Waals surface area contributed by atoms with E-state index in [1.54, 1.807) is 36.0 Å². The van der Waals surface area contributed by atoms with Gasteiger partial charge in [0, 0.05) is 21.8 Å². The summed E-state index contributed by atoms with van der Waals surface area (Å²) in [6, 6.07) is 6.32. The second-order valence-electron chi connectivity index (χ2n) is 9.22. The first-order valence-electron chi connectivity index (χ1n) is 10.6. The van der Waals surface area contributed by atoms with Gasteiger partial charge in [-0.3, -0.25) is 14.6 Å². The summed E-state index contributed by atoms with van der Waals surface area (Å²) in [6.07, 6.45) is 7.00. The summed E-state index contributed by atoms with van der Waals surface area (Å²) in [7, 11) is 0. The minimum Gasteiger partial charge on any atom is -0.340 e. The third-order valence-corrected chi connectivity index (χ3v) is 8.30. The van der Waals surface area contributed by atoms with E-state index in [0.717, 1.165) is 31.6 Å². The Morgan fingerprint density at radius 3 is 2.24 bits per heavy atom. The Balaban J connectivity index is 1.42. The van der Waals surface area contributed by atoms with Gasteiger partial charge < -0.3 is 10.6 Å². The Morgan fingerprint density at radius 2 is 1.69 bits per heavy atom. The lowest BCUT2D eigenvalue weighted by atomic mass is 9.47. The normalized spacial score (nSPS) is 33.3. The van der Waals surface area contributed by atoms with E-state index in [9.17, 15) is 9.59 Å². The lowest BCUT2D eigenvalue weighted by Gasteiger charge is -2.58. The minimum absolute atomic E-state index is 0.109. The zero-order valence-corrected chi connectivity index (χ0v) is 17.9. The molecule has 1 aromatic carbocycles. The largest absolute Gasteiger partial charge is 0.340 e. The van der Waals surface area contributed by atoms with Crippen molar-refractivity contribution in [3.05, 3.63) is 34.9 Å². The van der Waals surface area contributed by atoms with Crippen molar-refractivity contribution in [3.8, 4) is 0 Å². The molecule has 4 bridgehead atoms. The summed E-state index contributed by atoms with van der Waals surface area (Å²) >= 11 is 7.54. The van der Waals surface area contributed by atoms with Gasteiger partial charge in [-0.25, -0.2) is 0 Å². The Kier molecular flexibility index (Phi) is 5.11. The van der Waals surface area contributed by atoms with E-state index in [2.05, 4.69) is 15.6 Å². The van der Waals surface area contributed by atoms with Gasteiger partial charge in [0.2, 0.25) is 5.91 Å². The summed E-state index contributed by atoms with van der Waals surface area (Å²) in [5.41, 5.74) is 0.398. The number of amidine groups is 1. The number of nitrogens with one attached hydrogen (secondary N) is 2. The molecule has 29 heavy (non-hydrogen) atoms. The first-order chi connectivity index (χ1) is 14.0. The molecule has 7 heteroatoms. The van der Waals surface area contributed by atoms with Crippen LogP contribution in [0.25, 0.3) is 0 Å². The van der Waals surface area contributed by atoms with Crippen LogP contribution < -0.4 is 10.6 Å². The molecule has 1 aromatic rings. The van der Waals surface area contributed by atoms with Crippen molar-refractivity contribution in [2.45, 2.75) is 44.6 Å². The quantitative estimate of drug-likeness (QED) is 0.760. The molecule has 1 heterocycles. The van der Waals surface area contributed by atoms with Crippen LogP contribution in [0.3, 0.4) is 0 Å². The molecule has 4 fully saturated rings. The van der Waals surface area contributed by atoms with Crippen molar-refractivity contribution in [3.63, 3.8) is 0 Å². The van der Waals surface area contributed by atoms with E-state index in [-0.39, 0.29) is 17.2 Å². The number of halogens is 1. The number of thioether (sulfide) groups is 1. The summed E-state index contributed by atoms with van der Waals surface area (Å²) in [4.78, 5) is 30.8. The van der Waals surface area contributed by atoms with Crippen LogP contribution in [0.1, 0.15) is 48.9 Å². The maximum Gasteiger partial charge on any atom is 0.251 e. The van der Waals surface area contributed by atoms with Crippen LogP contribution in [0.2, 0.25) is 5.02 Å². The molecule has 1 aliphatic heterocycles. The summed E-state index contributed by atoms with van der Waals surface area (Å²) in [6.45, 7) is 0.736. The third kappa shape index (κ3) is 3.81. The van der Waals surface area contributed by atoms with E-state index in [0.29, 0.717) is 33.5 Å². The van der Waals surface area contributed by atoms with Crippen LogP contribution >= 0.6 is 23.4 Å². The number of rotatable bonds is 4. The number of carbonyl (C=O) groups excluding carboxylic acids is 2. The van der Waals surface area contributed by atoms with Crippen molar-refractivity contribution >= 4 is 40.3 Å². The highest BCUT2D eigenvalue weighted by atomic mass is 35.5. The molecule has 0 aromatic heterocycles. The van der Waals surface area contributed by atoms with E-state index >= 15 is 0 Å². The molecule has 1 atom stereocenters. The highest BCUT2D eigenvalue weighted by Crippen LogP contribution is 2.61. The van der Waals surface area contributed by atoms with E-state index < -0.39 is 6.04 Å². The second kappa shape index (κ2) is 7.62. The number of amides is 2. The van der Waals surface area contributed by atoms with Gasteiger partial charge in [-0.2, -0.15) is 0 Å². The van der Waals surface area contributed by atoms with Crippen LogP contribution in [-0.4, -0.2) is 35.3 Å². The van der Waals surface area contributed by atoms with Crippen molar-refractivity contribution in [2.24, 2.45) is 28.2 Å². The molecule has 154 valence electrons. The van der Waals surface area contributed by atoms with Gasteiger partial charge >= 0.3 is 0 Å². The van der Waals surface area contributed by atoms with Crippen molar-refractivity contribution < 1.29 is 9.59 Å². The Labute approximate surface area is 180 Å². The van der Waals surface area contributed by atoms with Gasteiger partial charge in [0.05, 0.1) is 6.54 Å². The molecule has 5 aliphatic rings. The summed E-state index contributed by atoms with van der Waals surface area (Å²) in [5.74, 6) is 2.67. The molecule has 5 nitrogen and oxygen atoms in total.